The summed E-state index contributed by atoms with van der Waals surface area (Å²) in [6.45, 7) is 11.4. The number of hydrogen-bond acceptors (Lipinski definition) is 5. The van der Waals surface area contributed by atoms with Gasteiger partial charge in [-0.25, -0.2) is 12.4 Å². The van der Waals surface area contributed by atoms with Crippen LogP contribution in [-0.4, -0.2) is 19.6 Å². The molecule has 0 fully saturated rings. The molecule has 0 aromatic heterocycles. The topological polar surface area (TPSA) is 61.8 Å². The molecular formula is C32H34F2O5S2. The molecule has 218 valence electrons. The maximum atomic E-state index is 14.9. The minimum atomic E-state index is -4.79. The van der Waals surface area contributed by atoms with Gasteiger partial charge in [0, 0.05) is 26.8 Å². The minimum absolute atomic E-state index is 0.437. The predicted molar refractivity (Wildman–Crippen MR) is 157 cm³/mol. The highest BCUT2D eigenvalue weighted by atomic mass is 32.3. The highest BCUT2D eigenvalue weighted by Gasteiger charge is 2.40. The molecule has 0 atom stereocenters. The van der Waals surface area contributed by atoms with Gasteiger partial charge in [0.15, 0.2) is 0 Å². The molecule has 0 saturated heterocycles. The molecule has 9 heteroatoms. The summed E-state index contributed by atoms with van der Waals surface area (Å²) >= 11 is 0. The van der Waals surface area contributed by atoms with Crippen LogP contribution in [0.15, 0.2) is 117 Å². The molecule has 4 rings (SSSR count). The quantitative estimate of drug-likeness (QED) is 0.202. The fourth-order valence-electron chi connectivity index (χ4n) is 4.14. The summed E-state index contributed by atoms with van der Waals surface area (Å²) in [5.41, 5.74) is -1.17. The Bertz CT molecular complexity index is 1540. The van der Waals surface area contributed by atoms with Crippen LogP contribution in [0.3, 0.4) is 0 Å². The molecule has 0 radical (unpaired) electrons. The molecule has 4 aromatic carbocycles. The van der Waals surface area contributed by atoms with E-state index in [0.29, 0.717) is 32.3 Å². The lowest BCUT2D eigenvalue weighted by molar-refractivity contribution is 0.120. The van der Waals surface area contributed by atoms with Crippen molar-refractivity contribution < 1.29 is 30.3 Å². The molecule has 0 aliphatic carbocycles. The molecule has 0 spiro atoms. The third-order valence-corrected chi connectivity index (χ3v) is 10.7. The first kappa shape index (κ1) is 30.6. The number of ether oxygens (including phenoxy) is 2. The molecule has 0 bridgehead atoms. The van der Waals surface area contributed by atoms with Crippen molar-refractivity contribution in [2.45, 2.75) is 72.3 Å². The summed E-state index contributed by atoms with van der Waals surface area (Å²) in [5, 5.41) is 0. The molecule has 5 nitrogen and oxygen atoms in total. The van der Waals surface area contributed by atoms with Gasteiger partial charge >= 0.3 is 10.1 Å². The molecule has 0 aliphatic rings. The second-order valence-corrected chi connectivity index (χ2v) is 15.8. The van der Waals surface area contributed by atoms with E-state index in [4.69, 9.17) is 13.1 Å². The first-order valence-electron chi connectivity index (χ1n) is 13.0. The molecule has 0 aliphatic heterocycles. The van der Waals surface area contributed by atoms with E-state index in [-0.39, 0.29) is 0 Å². The highest BCUT2D eigenvalue weighted by Crippen LogP contribution is 2.71. The molecule has 4 aromatic rings. The average Bonchev–Trinajstić information content (AvgIpc) is 2.86. The Hall–Kier alpha value is -3.40. The van der Waals surface area contributed by atoms with E-state index in [1.807, 2.05) is 41.5 Å². The van der Waals surface area contributed by atoms with Gasteiger partial charge in [-0.15, -0.1) is 0 Å². The highest BCUT2D eigenvalue weighted by molar-refractivity contribution is 8.33. The Kier molecular flexibility index (Phi) is 8.55. The second kappa shape index (κ2) is 11.5. The Morgan fingerprint density at radius 2 is 1.05 bits per heavy atom. The van der Waals surface area contributed by atoms with E-state index in [0.717, 1.165) is 12.1 Å². The molecule has 41 heavy (non-hydrogen) atoms. The lowest BCUT2D eigenvalue weighted by Gasteiger charge is -2.40. The zero-order chi connectivity index (χ0) is 30.1. The van der Waals surface area contributed by atoms with Gasteiger partial charge in [0.2, 0.25) is 0 Å². The summed E-state index contributed by atoms with van der Waals surface area (Å²) in [6.07, 6.45) is 0. The summed E-state index contributed by atoms with van der Waals surface area (Å²) < 4.78 is 75.1. The van der Waals surface area contributed by atoms with E-state index in [1.54, 1.807) is 78.9 Å². The van der Waals surface area contributed by atoms with Crippen molar-refractivity contribution in [3.05, 3.63) is 109 Å². The molecule has 0 unspecified atom stereocenters. The smallest absolute Gasteiger partial charge is 0.310 e. The SMILES string of the molecule is CC(C)(C)Oc1cc(OC(C)(C)C)cc(S(OS(=O)(=O)c2ccc(F)cc2F)(c2ccccc2)c2ccccc2)c1. The van der Waals surface area contributed by atoms with Crippen molar-refractivity contribution >= 4 is 20.4 Å². The largest absolute Gasteiger partial charge is 0.488 e. The minimum Gasteiger partial charge on any atom is -0.488 e. The van der Waals surface area contributed by atoms with Crippen LogP contribution in [0.1, 0.15) is 41.5 Å². The van der Waals surface area contributed by atoms with Crippen molar-refractivity contribution in [3.63, 3.8) is 0 Å². The Balaban J connectivity index is 2.09. The Morgan fingerprint density at radius 3 is 1.46 bits per heavy atom. The van der Waals surface area contributed by atoms with Crippen molar-refractivity contribution in [1.82, 2.24) is 0 Å². The van der Waals surface area contributed by atoms with Gasteiger partial charge in [0.1, 0.15) is 39.2 Å². The lowest BCUT2D eigenvalue weighted by Crippen LogP contribution is -2.25. The van der Waals surface area contributed by atoms with Gasteiger partial charge in [-0.3, -0.25) is 0 Å². The van der Waals surface area contributed by atoms with Gasteiger partial charge in [0.05, 0.1) is 0 Å². The maximum absolute atomic E-state index is 14.9. The van der Waals surface area contributed by atoms with Gasteiger partial charge in [-0.1, -0.05) is 36.4 Å². The summed E-state index contributed by atoms with van der Waals surface area (Å²) in [6, 6.07) is 25.2. The van der Waals surface area contributed by atoms with Crippen LogP contribution in [0, 0.1) is 11.6 Å². The van der Waals surface area contributed by atoms with Crippen LogP contribution in [0.5, 0.6) is 11.5 Å². The number of benzene rings is 4. The van der Waals surface area contributed by atoms with Gasteiger partial charge in [-0.2, -0.15) is 8.42 Å². The fraction of sp³-hybridized carbons (Fsp3) is 0.250. The first-order chi connectivity index (χ1) is 19.1. The zero-order valence-corrected chi connectivity index (χ0v) is 25.5. The van der Waals surface area contributed by atoms with Crippen LogP contribution in [-0.2, 0) is 13.7 Å². The maximum Gasteiger partial charge on any atom is 0.310 e. The van der Waals surface area contributed by atoms with Crippen LogP contribution in [0.25, 0.3) is 0 Å². The van der Waals surface area contributed by atoms with Gasteiger partial charge in [-0.05, 0) is 100 Å². The summed E-state index contributed by atoms with van der Waals surface area (Å²) in [7, 11) is -7.92. The Labute approximate surface area is 242 Å². The van der Waals surface area contributed by atoms with E-state index < -0.39 is 48.2 Å². The Morgan fingerprint density at radius 1 is 0.585 bits per heavy atom. The van der Waals surface area contributed by atoms with E-state index in [9.17, 15) is 17.2 Å². The van der Waals surface area contributed by atoms with Crippen molar-refractivity contribution in [2.75, 3.05) is 0 Å². The molecule has 0 heterocycles. The summed E-state index contributed by atoms with van der Waals surface area (Å²) in [4.78, 5) is 0.747. The number of rotatable bonds is 8. The average molecular weight is 601 g/mol. The fourth-order valence-corrected chi connectivity index (χ4v) is 9.44. The molecule has 0 amide bonds. The van der Waals surface area contributed by atoms with Crippen LogP contribution in [0.2, 0.25) is 0 Å². The van der Waals surface area contributed by atoms with Crippen molar-refractivity contribution in [3.8, 4) is 11.5 Å². The number of halogens is 2. The third kappa shape index (κ3) is 7.28. The van der Waals surface area contributed by atoms with Crippen molar-refractivity contribution in [1.29, 1.82) is 0 Å². The van der Waals surface area contributed by atoms with Gasteiger partial charge in [0.25, 0.3) is 0 Å². The predicted octanol–water partition coefficient (Wildman–Crippen LogP) is 8.92. The van der Waals surface area contributed by atoms with Gasteiger partial charge < -0.3 is 9.47 Å². The van der Waals surface area contributed by atoms with Crippen LogP contribution in [0.4, 0.5) is 8.78 Å². The van der Waals surface area contributed by atoms with Crippen LogP contribution < -0.4 is 9.47 Å². The summed E-state index contributed by atoms with van der Waals surface area (Å²) in [5.74, 6) is -1.28. The zero-order valence-electron chi connectivity index (χ0n) is 23.9. The number of hydrogen-bond donors (Lipinski definition) is 0. The second-order valence-electron chi connectivity index (χ2n) is 11.3. The van der Waals surface area contributed by atoms with E-state index in [1.165, 1.54) is 0 Å². The standard InChI is InChI=1S/C32H34F2O5S2/c1-31(2,3)37-24-20-25(38-32(4,5)6)22-28(21-24)40(26-13-9-7-10-14-26,27-15-11-8-12-16-27)39-41(35,36)30-18-17-23(33)19-29(30)34/h7-22H,1-6H3. The third-order valence-electron chi connectivity index (χ3n) is 5.54. The molecular weight excluding hydrogens is 566 g/mol. The normalized spacial score (nSPS) is 13.1. The van der Waals surface area contributed by atoms with E-state index in [2.05, 4.69) is 0 Å². The van der Waals surface area contributed by atoms with E-state index >= 15 is 0 Å². The van der Waals surface area contributed by atoms with Crippen molar-refractivity contribution in [2.24, 2.45) is 0 Å². The first-order valence-corrected chi connectivity index (χ1v) is 15.9. The lowest BCUT2D eigenvalue weighted by atomic mass is 10.2. The molecule has 0 N–H and O–H groups in total. The van der Waals surface area contributed by atoms with Crippen LogP contribution >= 0.6 is 10.3 Å². The monoisotopic (exact) mass is 600 g/mol. The molecule has 0 saturated carbocycles.